The molecule has 5 nitrogen and oxygen atoms in total. The van der Waals surface area contributed by atoms with Crippen molar-refractivity contribution in [2.24, 2.45) is 0 Å². The minimum atomic E-state index is -3.71. The molecule has 0 amide bonds. The van der Waals surface area contributed by atoms with E-state index in [1.54, 1.807) is 18.2 Å². The molecule has 172 valence electrons. The number of anilines is 1. The summed E-state index contributed by atoms with van der Waals surface area (Å²) in [6, 6.07) is 31.6. The molecular formula is C27H23ClN2O3S. The second-order valence-corrected chi connectivity index (χ2v) is 10.3. The van der Waals surface area contributed by atoms with Crippen molar-refractivity contribution in [3.63, 3.8) is 0 Å². The number of nitrogens with zero attached hydrogens (tertiary/aromatic N) is 1. The molecule has 0 aliphatic carbocycles. The number of halogens is 1. The third-order valence-electron chi connectivity index (χ3n) is 5.78. The van der Waals surface area contributed by atoms with Gasteiger partial charge in [0.2, 0.25) is 10.0 Å². The molecule has 4 aromatic carbocycles. The molecule has 1 atom stereocenters. The van der Waals surface area contributed by atoms with Crippen LogP contribution in [0.4, 0.5) is 5.69 Å². The third kappa shape index (κ3) is 4.53. The van der Waals surface area contributed by atoms with Crippen LogP contribution in [0.3, 0.4) is 0 Å². The fourth-order valence-corrected chi connectivity index (χ4v) is 5.88. The highest BCUT2D eigenvalue weighted by Crippen LogP contribution is 2.39. The second kappa shape index (κ2) is 9.50. The zero-order valence-corrected chi connectivity index (χ0v) is 19.8. The van der Waals surface area contributed by atoms with E-state index in [0.717, 1.165) is 16.7 Å². The Bertz CT molecular complexity index is 1390. The lowest BCUT2D eigenvalue weighted by atomic mass is 10.1. The van der Waals surface area contributed by atoms with Crippen molar-refractivity contribution < 1.29 is 13.2 Å². The van der Waals surface area contributed by atoms with Gasteiger partial charge >= 0.3 is 0 Å². The van der Waals surface area contributed by atoms with Gasteiger partial charge in [-0.1, -0.05) is 84.4 Å². The fourth-order valence-electron chi connectivity index (χ4n) is 4.01. The van der Waals surface area contributed by atoms with Crippen molar-refractivity contribution >= 4 is 27.3 Å². The maximum Gasteiger partial charge on any atom is 0.247 e. The first kappa shape index (κ1) is 22.5. The van der Waals surface area contributed by atoms with Crippen molar-refractivity contribution in [1.82, 2.24) is 4.31 Å². The van der Waals surface area contributed by atoms with E-state index in [9.17, 15) is 8.42 Å². The van der Waals surface area contributed by atoms with Crippen molar-refractivity contribution in [2.75, 3.05) is 5.32 Å². The molecule has 0 saturated heterocycles. The Morgan fingerprint density at radius 2 is 1.50 bits per heavy atom. The van der Waals surface area contributed by atoms with Gasteiger partial charge in [-0.25, -0.2) is 8.42 Å². The van der Waals surface area contributed by atoms with Gasteiger partial charge in [0, 0.05) is 17.1 Å². The smallest absolute Gasteiger partial charge is 0.247 e. The number of hydrogen-bond acceptors (Lipinski definition) is 4. The molecule has 5 rings (SSSR count). The molecule has 0 bridgehead atoms. The highest BCUT2D eigenvalue weighted by molar-refractivity contribution is 7.89. The van der Waals surface area contributed by atoms with Gasteiger partial charge in [-0.2, -0.15) is 4.31 Å². The molecule has 1 heterocycles. The van der Waals surface area contributed by atoms with Crippen LogP contribution >= 0.6 is 11.6 Å². The lowest BCUT2D eigenvalue weighted by Crippen LogP contribution is -2.42. The Labute approximate surface area is 204 Å². The molecule has 0 fully saturated rings. The number of ether oxygens (including phenoxy) is 1. The zero-order valence-electron chi connectivity index (χ0n) is 18.3. The minimum Gasteiger partial charge on any atom is -0.489 e. The maximum absolute atomic E-state index is 13.6. The normalized spacial score (nSPS) is 16.9. The molecule has 7 heteroatoms. The summed E-state index contributed by atoms with van der Waals surface area (Å²) in [5.74, 6) is 0.678. The van der Waals surface area contributed by atoms with Crippen molar-refractivity contribution in [1.29, 1.82) is 0 Å². The summed E-state index contributed by atoms with van der Waals surface area (Å²) in [4.78, 5) is 0.280. The predicted octanol–water partition coefficient (Wildman–Crippen LogP) is 6.23. The van der Waals surface area contributed by atoms with Gasteiger partial charge in [0.05, 0.1) is 5.69 Å². The fraction of sp³-hybridized carbons (Fsp3) is 0.111. The number of sulfonamides is 1. The Kier molecular flexibility index (Phi) is 6.28. The van der Waals surface area contributed by atoms with Crippen LogP contribution in [0.5, 0.6) is 5.75 Å². The summed E-state index contributed by atoms with van der Waals surface area (Å²) in [6.07, 6.45) is -0.558. The van der Waals surface area contributed by atoms with Gasteiger partial charge < -0.3 is 10.1 Å². The Balaban J connectivity index is 1.44. The Morgan fingerprint density at radius 3 is 2.26 bits per heavy atom. The van der Waals surface area contributed by atoms with E-state index in [0.29, 0.717) is 23.1 Å². The van der Waals surface area contributed by atoms with Gasteiger partial charge in [-0.3, -0.25) is 0 Å². The van der Waals surface area contributed by atoms with Crippen LogP contribution in [0.15, 0.2) is 108 Å². The van der Waals surface area contributed by atoms with Crippen LogP contribution < -0.4 is 10.1 Å². The monoisotopic (exact) mass is 490 g/mol. The molecule has 1 aliphatic rings. The highest BCUT2D eigenvalue weighted by Gasteiger charge is 2.38. The SMILES string of the molecule is O=S1(=O)c2ccccc2N[C@H](c2ccc(OCc3ccccc3Cl)cc2)N1Cc1ccccc1. The first-order valence-corrected chi connectivity index (χ1v) is 12.7. The number of nitrogens with one attached hydrogen (secondary N) is 1. The number of fused-ring (bicyclic) bond motifs is 1. The van der Waals surface area contributed by atoms with Gasteiger partial charge in [0.15, 0.2) is 0 Å². The first-order valence-electron chi connectivity index (χ1n) is 10.9. The molecule has 0 spiro atoms. The van der Waals surface area contributed by atoms with E-state index in [4.69, 9.17) is 16.3 Å². The van der Waals surface area contributed by atoms with E-state index < -0.39 is 16.2 Å². The van der Waals surface area contributed by atoms with Crippen LogP contribution in [0.25, 0.3) is 0 Å². The average Bonchev–Trinajstić information content (AvgIpc) is 2.86. The van der Waals surface area contributed by atoms with E-state index in [1.165, 1.54) is 4.31 Å². The third-order valence-corrected chi connectivity index (χ3v) is 8.02. The van der Waals surface area contributed by atoms with Crippen LogP contribution in [0.1, 0.15) is 22.9 Å². The van der Waals surface area contributed by atoms with Crippen molar-refractivity contribution in [3.8, 4) is 5.75 Å². The van der Waals surface area contributed by atoms with Crippen LogP contribution in [0.2, 0.25) is 5.02 Å². The molecule has 0 aromatic heterocycles. The number of rotatable bonds is 6. The molecule has 1 N–H and O–H groups in total. The molecule has 4 aromatic rings. The van der Waals surface area contributed by atoms with Crippen molar-refractivity contribution in [2.45, 2.75) is 24.2 Å². The van der Waals surface area contributed by atoms with Crippen LogP contribution in [-0.4, -0.2) is 12.7 Å². The summed E-state index contributed by atoms with van der Waals surface area (Å²) >= 11 is 6.22. The quantitative estimate of drug-likeness (QED) is 0.348. The molecule has 0 radical (unpaired) electrons. The summed E-state index contributed by atoms with van der Waals surface area (Å²) < 4.78 is 34.6. The van der Waals surface area contributed by atoms with E-state index >= 15 is 0 Å². The topological polar surface area (TPSA) is 58.6 Å². The second-order valence-electron chi connectivity index (χ2n) is 8.03. The van der Waals surface area contributed by atoms with Gasteiger partial charge in [0.1, 0.15) is 23.4 Å². The first-order chi connectivity index (χ1) is 16.5. The molecule has 34 heavy (non-hydrogen) atoms. The minimum absolute atomic E-state index is 0.250. The molecular weight excluding hydrogens is 468 g/mol. The molecule has 0 saturated carbocycles. The lowest BCUT2D eigenvalue weighted by Gasteiger charge is -2.37. The number of hydrogen-bond donors (Lipinski definition) is 1. The maximum atomic E-state index is 13.6. The number of para-hydroxylation sites is 1. The zero-order chi connectivity index (χ0) is 23.5. The van der Waals surface area contributed by atoms with E-state index in [2.05, 4.69) is 5.32 Å². The summed E-state index contributed by atoms with van der Waals surface area (Å²) in [6.45, 7) is 0.600. The van der Waals surface area contributed by atoms with Crippen LogP contribution in [0, 0.1) is 0 Å². The Hall–Kier alpha value is -3.32. The van der Waals surface area contributed by atoms with E-state index in [1.807, 2.05) is 84.9 Å². The molecule has 1 aliphatic heterocycles. The van der Waals surface area contributed by atoms with Crippen LogP contribution in [-0.2, 0) is 23.2 Å². The summed E-state index contributed by atoms with van der Waals surface area (Å²) in [5, 5.41) is 4.07. The lowest BCUT2D eigenvalue weighted by molar-refractivity contribution is 0.305. The number of benzene rings is 4. The predicted molar refractivity (Wildman–Crippen MR) is 134 cm³/mol. The van der Waals surface area contributed by atoms with E-state index in [-0.39, 0.29) is 11.4 Å². The van der Waals surface area contributed by atoms with Gasteiger partial charge in [0.25, 0.3) is 0 Å². The highest BCUT2D eigenvalue weighted by atomic mass is 35.5. The summed E-state index contributed by atoms with van der Waals surface area (Å²) in [7, 11) is -3.71. The average molecular weight is 491 g/mol. The largest absolute Gasteiger partial charge is 0.489 e. The van der Waals surface area contributed by atoms with Gasteiger partial charge in [-0.05, 0) is 41.5 Å². The Morgan fingerprint density at radius 1 is 0.824 bits per heavy atom. The van der Waals surface area contributed by atoms with Crippen molar-refractivity contribution in [3.05, 3.63) is 125 Å². The standard InChI is InChI=1S/C27H23ClN2O3S/c28-24-11-5-4-10-22(24)19-33-23-16-14-21(15-17-23)27-29-25-12-6-7-13-26(25)34(31,32)30(27)18-20-8-2-1-3-9-20/h1-17,27,29H,18-19H2/t27-/m0/s1. The molecule has 0 unspecified atom stereocenters. The van der Waals surface area contributed by atoms with Gasteiger partial charge in [-0.15, -0.1) is 0 Å². The summed E-state index contributed by atoms with van der Waals surface area (Å²) in [5.41, 5.74) is 3.23.